The minimum Gasteiger partial charge on any atom is -0.467 e. The number of thioether (sulfide) groups is 1. The fourth-order valence-electron chi connectivity index (χ4n) is 2.12. The van der Waals surface area contributed by atoms with Crippen LogP contribution in [0.1, 0.15) is 22.5 Å². The second-order valence-corrected chi connectivity index (χ2v) is 6.68. The summed E-state index contributed by atoms with van der Waals surface area (Å²) >= 11 is 7.44. The van der Waals surface area contributed by atoms with Crippen molar-refractivity contribution in [2.24, 2.45) is 0 Å². The third kappa shape index (κ3) is 5.75. The number of aromatic nitrogens is 3. The summed E-state index contributed by atoms with van der Waals surface area (Å²) in [7, 11) is 1.29. The Kier molecular flexibility index (Phi) is 7.27. The topological polar surface area (TPSA) is 86.1 Å². The summed E-state index contributed by atoms with van der Waals surface area (Å²) in [6, 6.07) is 6.62. The summed E-state index contributed by atoms with van der Waals surface area (Å²) in [6.07, 6.45) is 3.95. The summed E-state index contributed by atoms with van der Waals surface area (Å²) in [4.78, 5) is 24.1. The number of amides is 1. The molecular weight excluding hydrogens is 364 g/mol. The highest BCUT2D eigenvalue weighted by Gasteiger charge is 2.23. The lowest BCUT2D eigenvalue weighted by Crippen LogP contribution is -2.42. The van der Waals surface area contributed by atoms with Gasteiger partial charge in [-0.15, -0.1) is 5.10 Å². The number of benzene rings is 1. The van der Waals surface area contributed by atoms with Crippen LogP contribution in [0.15, 0.2) is 30.5 Å². The van der Waals surface area contributed by atoms with E-state index in [1.165, 1.54) is 13.3 Å². The molecule has 2 aromatic rings. The first-order valence-electron chi connectivity index (χ1n) is 7.55. The fraction of sp³-hybridized carbons (Fsp3) is 0.375. The van der Waals surface area contributed by atoms with E-state index in [4.69, 9.17) is 16.3 Å². The maximum absolute atomic E-state index is 12.3. The molecule has 9 heteroatoms. The molecule has 1 amide bonds. The van der Waals surface area contributed by atoms with E-state index in [0.29, 0.717) is 18.0 Å². The molecule has 1 aromatic carbocycles. The number of halogens is 1. The van der Waals surface area contributed by atoms with Gasteiger partial charge in [-0.05, 0) is 36.1 Å². The monoisotopic (exact) mass is 382 g/mol. The van der Waals surface area contributed by atoms with Crippen LogP contribution >= 0.6 is 23.4 Å². The standard InChI is InChI=1S/C16H19ClN4O3S/c1-24-16(23)13(7-8-25-2)18-15(22)14-10-21(20-19-14)9-11-3-5-12(17)6-4-11/h3-6,10,13H,7-9H2,1-2H3,(H,18,22)/t13-/m0/s1. The quantitative estimate of drug-likeness (QED) is 0.703. The van der Waals surface area contributed by atoms with Crippen LogP contribution in [0.2, 0.25) is 5.02 Å². The zero-order valence-electron chi connectivity index (χ0n) is 13.9. The van der Waals surface area contributed by atoms with Crippen molar-refractivity contribution >= 4 is 35.2 Å². The number of carbonyl (C=O) groups is 2. The number of carbonyl (C=O) groups excluding carboxylic acids is 2. The van der Waals surface area contributed by atoms with Gasteiger partial charge < -0.3 is 10.1 Å². The van der Waals surface area contributed by atoms with Gasteiger partial charge in [-0.3, -0.25) is 4.79 Å². The second kappa shape index (κ2) is 9.43. The Morgan fingerprint density at radius 3 is 2.72 bits per heavy atom. The van der Waals surface area contributed by atoms with Crippen molar-refractivity contribution in [1.29, 1.82) is 0 Å². The third-order valence-corrected chi connectivity index (χ3v) is 4.33. The number of ether oxygens (including phenoxy) is 1. The highest BCUT2D eigenvalue weighted by molar-refractivity contribution is 7.98. The number of nitrogens with zero attached hydrogens (tertiary/aromatic N) is 3. The molecule has 0 unspecified atom stereocenters. The van der Waals surface area contributed by atoms with Gasteiger partial charge >= 0.3 is 5.97 Å². The van der Waals surface area contributed by atoms with Gasteiger partial charge in [0.05, 0.1) is 19.9 Å². The lowest BCUT2D eigenvalue weighted by atomic mass is 10.2. The van der Waals surface area contributed by atoms with Crippen molar-refractivity contribution in [3.63, 3.8) is 0 Å². The van der Waals surface area contributed by atoms with Crippen molar-refractivity contribution in [2.45, 2.75) is 19.0 Å². The number of esters is 1. The Morgan fingerprint density at radius 1 is 1.36 bits per heavy atom. The summed E-state index contributed by atoms with van der Waals surface area (Å²) < 4.78 is 6.27. The summed E-state index contributed by atoms with van der Waals surface area (Å²) in [6.45, 7) is 0.463. The summed E-state index contributed by atoms with van der Waals surface area (Å²) in [5.41, 5.74) is 1.13. The van der Waals surface area contributed by atoms with Crippen LogP contribution in [-0.2, 0) is 16.1 Å². The number of hydrogen-bond donors (Lipinski definition) is 1. The van der Waals surface area contributed by atoms with Gasteiger partial charge in [-0.25, -0.2) is 9.48 Å². The lowest BCUT2D eigenvalue weighted by molar-refractivity contribution is -0.142. The van der Waals surface area contributed by atoms with Gasteiger partial charge in [0.25, 0.3) is 5.91 Å². The number of nitrogens with one attached hydrogen (secondary N) is 1. The van der Waals surface area contributed by atoms with Crippen LogP contribution in [0, 0.1) is 0 Å². The third-order valence-electron chi connectivity index (χ3n) is 3.43. The minimum atomic E-state index is -0.702. The van der Waals surface area contributed by atoms with E-state index < -0.39 is 17.9 Å². The Bertz CT molecular complexity index is 720. The fourth-order valence-corrected chi connectivity index (χ4v) is 2.71. The lowest BCUT2D eigenvalue weighted by Gasteiger charge is -2.14. The number of hydrogen-bond acceptors (Lipinski definition) is 6. The molecule has 0 saturated carbocycles. The Balaban J connectivity index is 2.00. The van der Waals surface area contributed by atoms with Gasteiger partial charge in [-0.2, -0.15) is 11.8 Å². The predicted molar refractivity (Wildman–Crippen MR) is 96.8 cm³/mol. The number of rotatable bonds is 8. The van der Waals surface area contributed by atoms with E-state index in [1.807, 2.05) is 18.4 Å². The highest BCUT2D eigenvalue weighted by Crippen LogP contribution is 2.10. The van der Waals surface area contributed by atoms with Crippen LogP contribution < -0.4 is 5.32 Å². The van der Waals surface area contributed by atoms with Gasteiger partial charge in [-0.1, -0.05) is 28.9 Å². The van der Waals surface area contributed by atoms with E-state index in [9.17, 15) is 9.59 Å². The molecule has 1 atom stereocenters. The molecule has 2 rings (SSSR count). The van der Waals surface area contributed by atoms with Crippen LogP contribution in [-0.4, -0.2) is 52.0 Å². The first-order chi connectivity index (χ1) is 12.0. The van der Waals surface area contributed by atoms with Crippen molar-refractivity contribution in [1.82, 2.24) is 20.3 Å². The Morgan fingerprint density at radius 2 is 2.08 bits per heavy atom. The molecule has 0 spiro atoms. The SMILES string of the molecule is COC(=O)[C@H](CCSC)NC(=O)c1cn(Cc2ccc(Cl)cc2)nn1. The van der Waals surface area contributed by atoms with Crippen LogP contribution in [0.3, 0.4) is 0 Å². The summed E-state index contributed by atoms with van der Waals surface area (Å²) in [5.74, 6) is -0.210. The van der Waals surface area contributed by atoms with E-state index in [1.54, 1.807) is 28.6 Å². The molecule has 0 radical (unpaired) electrons. The molecule has 7 nitrogen and oxygen atoms in total. The van der Waals surface area contributed by atoms with Crippen LogP contribution in [0.4, 0.5) is 0 Å². The van der Waals surface area contributed by atoms with Crippen LogP contribution in [0.25, 0.3) is 0 Å². The minimum absolute atomic E-state index is 0.145. The molecule has 0 aliphatic heterocycles. The zero-order chi connectivity index (χ0) is 18.2. The largest absolute Gasteiger partial charge is 0.467 e. The van der Waals surface area contributed by atoms with Crippen LogP contribution in [0.5, 0.6) is 0 Å². The molecular formula is C16H19ClN4O3S. The second-order valence-electron chi connectivity index (χ2n) is 5.26. The molecule has 1 N–H and O–H groups in total. The molecule has 0 saturated heterocycles. The molecule has 0 aliphatic rings. The smallest absolute Gasteiger partial charge is 0.328 e. The van der Waals surface area contributed by atoms with Crippen molar-refractivity contribution in [3.8, 4) is 0 Å². The zero-order valence-corrected chi connectivity index (χ0v) is 15.5. The average Bonchev–Trinajstić information content (AvgIpc) is 3.08. The molecule has 0 bridgehead atoms. The predicted octanol–water partition coefficient (Wildman–Crippen LogP) is 2.00. The maximum Gasteiger partial charge on any atom is 0.328 e. The van der Waals surface area contributed by atoms with E-state index in [2.05, 4.69) is 15.6 Å². The van der Waals surface area contributed by atoms with E-state index in [0.717, 1.165) is 11.3 Å². The average molecular weight is 383 g/mol. The first kappa shape index (κ1) is 19.3. The van der Waals surface area contributed by atoms with Gasteiger partial charge in [0, 0.05) is 5.02 Å². The molecule has 25 heavy (non-hydrogen) atoms. The van der Waals surface area contributed by atoms with Crippen molar-refractivity contribution in [2.75, 3.05) is 19.1 Å². The molecule has 0 fully saturated rings. The number of methoxy groups -OCH3 is 1. The van der Waals surface area contributed by atoms with Gasteiger partial charge in [0.1, 0.15) is 6.04 Å². The van der Waals surface area contributed by atoms with Gasteiger partial charge in [0.15, 0.2) is 5.69 Å². The maximum atomic E-state index is 12.3. The normalized spacial score (nSPS) is 11.8. The molecule has 0 aliphatic carbocycles. The van der Waals surface area contributed by atoms with E-state index in [-0.39, 0.29) is 5.69 Å². The Hall–Kier alpha value is -2.06. The molecule has 1 aromatic heterocycles. The van der Waals surface area contributed by atoms with Gasteiger partial charge in [0.2, 0.25) is 0 Å². The molecule has 1 heterocycles. The first-order valence-corrected chi connectivity index (χ1v) is 9.33. The van der Waals surface area contributed by atoms with Crippen molar-refractivity contribution < 1.29 is 14.3 Å². The summed E-state index contributed by atoms with van der Waals surface area (Å²) in [5, 5.41) is 11.1. The van der Waals surface area contributed by atoms with E-state index >= 15 is 0 Å². The highest BCUT2D eigenvalue weighted by atomic mass is 35.5. The van der Waals surface area contributed by atoms with Crippen molar-refractivity contribution in [3.05, 3.63) is 46.7 Å². The Labute approximate surface area is 155 Å². The molecule has 134 valence electrons.